The molecule has 1 atom stereocenters. The van der Waals surface area contributed by atoms with Crippen LogP contribution in [0, 0.1) is 0 Å². The maximum absolute atomic E-state index is 11.6. The molecule has 0 bridgehead atoms. The Balaban J connectivity index is 1.73. The number of ether oxygens (including phenoxy) is 1. The Morgan fingerprint density at radius 1 is 1.30 bits per heavy atom. The lowest BCUT2D eigenvalue weighted by Crippen LogP contribution is -2.23. The first kappa shape index (κ1) is 12.7. The van der Waals surface area contributed by atoms with E-state index in [1.807, 2.05) is 0 Å². The monoisotopic (exact) mass is 267 g/mol. The molecule has 1 unspecified atom stereocenters. The Morgan fingerprint density at radius 3 is 2.85 bits per heavy atom. The van der Waals surface area contributed by atoms with E-state index in [1.165, 1.54) is 18.1 Å². The van der Waals surface area contributed by atoms with E-state index in [9.17, 15) is 4.79 Å². The zero-order chi connectivity index (χ0) is 14.1. The highest BCUT2D eigenvalue weighted by atomic mass is 16.5. The predicted molar refractivity (Wildman–Crippen MR) is 79.2 cm³/mol. The van der Waals surface area contributed by atoms with Crippen molar-refractivity contribution in [1.29, 1.82) is 0 Å². The lowest BCUT2D eigenvalue weighted by molar-refractivity contribution is 0.101. The highest BCUT2D eigenvalue weighted by molar-refractivity contribution is 5.97. The van der Waals surface area contributed by atoms with Crippen LogP contribution in [0.3, 0.4) is 0 Å². The molecule has 0 amide bonds. The van der Waals surface area contributed by atoms with Crippen LogP contribution in [0.4, 0.5) is 5.69 Å². The molecule has 0 radical (unpaired) electrons. The van der Waals surface area contributed by atoms with Crippen LogP contribution < -0.4 is 10.5 Å². The number of carbonyl (C=O) groups is 1. The van der Waals surface area contributed by atoms with Gasteiger partial charge >= 0.3 is 0 Å². The molecule has 20 heavy (non-hydrogen) atoms. The minimum Gasteiger partial charge on any atom is -0.492 e. The van der Waals surface area contributed by atoms with Crippen molar-refractivity contribution in [3.8, 4) is 5.75 Å². The maximum Gasteiger partial charge on any atom is 0.163 e. The lowest BCUT2D eigenvalue weighted by atomic mass is 9.78. The van der Waals surface area contributed by atoms with E-state index in [0.717, 1.165) is 6.42 Å². The first-order valence-corrected chi connectivity index (χ1v) is 6.76. The van der Waals surface area contributed by atoms with Gasteiger partial charge in [0, 0.05) is 11.6 Å². The van der Waals surface area contributed by atoms with Crippen molar-refractivity contribution < 1.29 is 9.53 Å². The Morgan fingerprint density at radius 2 is 2.10 bits per heavy atom. The molecule has 1 aliphatic rings. The van der Waals surface area contributed by atoms with Gasteiger partial charge in [-0.15, -0.1) is 0 Å². The second kappa shape index (κ2) is 5.00. The number of hydrogen-bond acceptors (Lipinski definition) is 3. The van der Waals surface area contributed by atoms with Crippen LogP contribution in [0.15, 0.2) is 42.5 Å². The van der Waals surface area contributed by atoms with Gasteiger partial charge in [0.1, 0.15) is 5.75 Å². The third-order valence-corrected chi connectivity index (χ3v) is 3.78. The fraction of sp³-hybridized carbons (Fsp3) is 0.235. The normalized spacial score (nSPS) is 16.1. The average Bonchev–Trinajstić information content (AvgIpc) is 2.41. The van der Waals surface area contributed by atoms with Gasteiger partial charge in [0.25, 0.3) is 0 Å². The predicted octanol–water partition coefficient (Wildman–Crippen LogP) is 3.19. The zero-order valence-corrected chi connectivity index (χ0v) is 11.4. The van der Waals surface area contributed by atoms with Crippen molar-refractivity contribution in [2.45, 2.75) is 19.3 Å². The van der Waals surface area contributed by atoms with Crippen LogP contribution in [-0.2, 0) is 6.42 Å². The summed E-state index contributed by atoms with van der Waals surface area (Å²) in [6, 6.07) is 13.6. The minimum atomic E-state index is -0.0266. The van der Waals surface area contributed by atoms with Crippen LogP contribution in [-0.4, -0.2) is 12.4 Å². The standard InChI is InChI=1S/C17H17NO2/c1-11(19)16-9-14(18)6-7-17(16)20-10-13-8-12-4-2-3-5-15(12)13/h2-7,9,13H,8,10,18H2,1H3. The summed E-state index contributed by atoms with van der Waals surface area (Å²) in [6.07, 6.45) is 1.04. The molecule has 0 heterocycles. The summed E-state index contributed by atoms with van der Waals surface area (Å²) >= 11 is 0. The molecule has 2 aromatic rings. The molecule has 0 saturated heterocycles. The Labute approximate surface area is 118 Å². The topological polar surface area (TPSA) is 52.3 Å². The van der Waals surface area contributed by atoms with Crippen LogP contribution in [0.5, 0.6) is 5.75 Å². The number of ketones is 1. The summed E-state index contributed by atoms with van der Waals surface area (Å²) in [5.74, 6) is 1.01. The minimum absolute atomic E-state index is 0.0266. The highest BCUT2D eigenvalue weighted by Crippen LogP contribution is 2.35. The van der Waals surface area contributed by atoms with Gasteiger partial charge < -0.3 is 10.5 Å². The smallest absolute Gasteiger partial charge is 0.163 e. The number of carbonyl (C=O) groups excluding carboxylic acids is 1. The zero-order valence-electron chi connectivity index (χ0n) is 11.4. The molecule has 0 aliphatic heterocycles. The summed E-state index contributed by atoms with van der Waals surface area (Å²) in [5.41, 5.74) is 9.60. The van der Waals surface area contributed by atoms with Crippen molar-refractivity contribution in [2.75, 3.05) is 12.3 Å². The molecule has 0 fully saturated rings. The van der Waals surface area contributed by atoms with Gasteiger partial charge in [-0.25, -0.2) is 0 Å². The molecule has 3 rings (SSSR count). The molecule has 2 N–H and O–H groups in total. The fourth-order valence-electron chi connectivity index (χ4n) is 2.65. The lowest BCUT2D eigenvalue weighted by Gasteiger charge is -2.30. The van der Waals surface area contributed by atoms with Crippen LogP contribution in [0.25, 0.3) is 0 Å². The number of nitrogen functional groups attached to an aromatic ring is 1. The summed E-state index contributed by atoms with van der Waals surface area (Å²) < 4.78 is 5.84. The van der Waals surface area contributed by atoms with E-state index in [4.69, 9.17) is 10.5 Å². The van der Waals surface area contributed by atoms with E-state index < -0.39 is 0 Å². The maximum atomic E-state index is 11.6. The largest absolute Gasteiger partial charge is 0.492 e. The van der Waals surface area contributed by atoms with Crippen molar-refractivity contribution in [2.24, 2.45) is 0 Å². The van der Waals surface area contributed by atoms with Crippen LogP contribution in [0.2, 0.25) is 0 Å². The third kappa shape index (κ3) is 2.27. The van der Waals surface area contributed by atoms with Gasteiger partial charge in [0.2, 0.25) is 0 Å². The van der Waals surface area contributed by atoms with Crippen molar-refractivity contribution >= 4 is 11.5 Å². The van der Waals surface area contributed by atoms with Gasteiger partial charge in [-0.05, 0) is 42.7 Å². The van der Waals surface area contributed by atoms with E-state index in [-0.39, 0.29) is 5.78 Å². The second-order valence-electron chi connectivity index (χ2n) is 5.22. The first-order valence-electron chi connectivity index (χ1n) is 6.76. The molecular formula is C17H17NO2. The molecule has 0 spiro atoms. The number of hydrogen-bond donors (Lipinski definition) is 1. The Hall–Kier alpha value is -2.29. The molecule has 1 aliphatic carbocycles. The third-order valence-electron chi connectivity index (χ3n) is 3.78. The van der Waals surface area contributed by atoms with Crippen molar-refractivity contribution in [3.63, 3.8) is 0 Å². The molecule has 3 heteroatoms. The van der Waals surface area contributed by atoms with Crippen molar-refractivity contribution in [3.05, 3.63) is 59.2 Å². The molecule has 2 aromatic carbocycles. The average molecular weight is 267 g/mol. The fourth-order valence-corrected chi connectivity index (χ4v) is 2.65. The first-order chi connectivity index (χ1) is 9.65. The number of fused-ring (bicyclic) bond motifs is 1. The van der Waals surface area contributed by atoms with E-state index in [0.29, 0.717) is 29.5 Å². The number of nitrogens with two attached hydrogens (primary N) is 1. The molecular weight excluding hydrogens is 250 g/mol. The second-order valence-corrected chi connectivity index (χ2v) is 5.22. The molecule has 0 saturated carbocycles. The number of benzene rings is 2. The van der Waals surface area contributed by atoms with Gasteiger partial charge in [-0.2, -0.15) is 0 Å². The summed E-state index contributed by atoms with van der Waals surface area (Å²) in [5, 5.41) is 0. The number of Topliss-reactive ketones (excluding diaryl/α,β-unsaturated/α-hetero) is 1. The van der Waals surface area contributed by atoms with Gasteiger partial charge in [0.05, 0.1) is 12.2 Å². The molecule has 102 valence electrons. The SMILES string of the molecule is CC(=O)c1cc(N)ccc1OCC1Cc2ccccc21. The summed E-state index contributed by atoms with van der Waals surface area (Å²) in [7, 11) is 0. The highest BCUT2D eigenvalue weighted by Gasteiger charge is 2.26. The van der Waals surface area contributed by atoms with Crippen LogP contribution >= 0.6 is 0 Å². The Bertz CT molecular complexity index is 664. The van der Waals surface area contributed by atoms with Crippen LogP contribution in [0.1, 0.15) is 34.3 Å². The van der Waals surface area contributed by atoms with Gasteiger partial charge in [-0.1, -0.05) is 24.3 Å². The molecule has 3 nitrogen and oxygen atoms in total. The quantitative estimate of drug-likeness (QED) is 0.683. The van der Waals surface area contributed by atoms with E-state index >= 15 is 0 Å². The number of anilines is 1. The van der Waals surface area contributed by atoms with Gasteiger partial charge in [0.15, 0.2) is 5.78 Å². The van der Waals surface area contributed by atoms with E-state index in [2.05, 4.69) is 24.3 Å². The van der Waals surface area contributed by atoms with Gasteiger partial charge in [-0.3, -0.25) is 4.79 Å². The summed E-state index contributed by atoms with van der Waals surface area (Å²) in [6.45, 7) is 2.13. The van der Waals surface area contributed by atoms with E-state index in [1.54, 1.807) is 18.2 Å². The summed E-state index contributed by atoms with van der Waals surface area (Å²) in [4.78, 5) is 11.6. The Kier molecular flexibility index (Phi) is 3.18. The number of rotatable bonds is 4. The molecule has 0 aromatic heterocycles. The van der Waals surface area contributed by atoms with Crippen molar-refractivity contribution in [1.82, 2.24) is 0 Å².